The molecule has 0 aliphatic carbocycles. The molecular weight excluding hydrogens is 416 g/mol. The highest BCUT2D eigenvalue weighted by Crippen LogP contribution is 2.26. The lowest BCUT2D eigenvalue weighted by atomic mass is 10.2. The number of rotatable bonds is 4. The summed E-state index contributed by atoms with van der Waals surface area (Å²) in [6, 6.07) is 17.8. The fourth-order valence-electron chi connectivity index (χ4n) is 3.73. The molecule has 0 saturated heterocycles. The Morgan fingerprint density at radius 2 is 1.87 bits per heavy atom. The van der Waals surface area contributed by atoms with E-state index in [0.717, 1.165) is 15.2 Å². The van der Waals surface area contributed by atoms with Gasteiger partial charge in [0, 0.05) is 23.1 Å². The summed E-state index contributed by atoms with van der Waals surface area (Å²) < 4.78 is 30.3. The van der Waals surface area contributed by atoms with Crippen LogP contribution in [0.2, 0.25) is 0 Å². The van der Waals surface area contributed by atoms with Gasteiger partial charge < -0.3 is 9.88 Å². The van der Waals surface area contributed by atoms with Crippen LogP contribution in [0.25, 0.3) is 21.1 Å². The standard InChI is InChI=1S/C24H17F2N3OS/c1-14-27-20-12-19(6-8-23(20)31-14)28-24(30)22-11-16-10-18(26)5-7-21(16)29(22)13-15-3-2-4-17(25)9-15/h2-12H,13H2,1H3,(H,28,30). The van der Waals surface area contributed by atoms with E-state index in [2.05, 4.69) is 10.3 Å². The van der Waals surface area contributed by atoms with Gasteiger partial charge in [-0.05, 0) is 67.1 Å². The van der Waals surface area contributed by atoms with Crippen LogP contribution in [0.5, 0.6) is 0 Å². The average Bonchev–Trinajstić information content (AvgIpc) is 3.27. The number of fused-ring (bicyclic) bond motifs is 2. The largest absolute Gasteiger partial charge is 0.332 e. The number of aryl methyl sites for hydroxylation is 1. The average molecular weight is 433 g/mol. The lowest BCUT2D eigenvalue weighted by Crippen LogP contribution is -2.17. The summed E-state index contributed by atoms with van der Waals surface area (Å²) in [4.78, 5) is 17.6. The third kappa shape index (κ3) is 3.80. The van der Waals surface area contributed by atoms with Gasteiger partial charge in [0.05, 0.1) is 15.2 Å². The van der Waals surface area contributed by atoms with Gasteiger partial charge in [-0.2, -0.15) is 0 Å². The molecule has 0 aliphatic heterocycles. The second-order valence-corrected chi connectivity index (χ2v) is 8.55. The van der Waals surface area contributed by atoms with Crippen LogP contribution in [-0.2, 0) is 6.54 Å². The van der Waals surface area contributed by atoms with E-state index in [0.29, 0.717) is 27.8 Å². The van der Waals surface area contributed by atoms with Crippen molar-refractivity contribution >= 4 is 44.1 Å². The summed E-state index contributed by atoms with van der Waals surface area (Å²) in [5, 5.41) is 4.47. The van der Waals surface area contributed by atoms with Crippen molar-refractivity contribution in [3.05, 3.63) is 94.6 Å². The first-order valence-corrected chi connectivity index (χ1v) is 10.5. The predicted molar refractivity (Wildman–Crippen MR) is 120 cm³/mol. The number of anilines is 1. The van der Waals surface area contributed by atoms with Crippen LogP contribution in [0.15, 0.2) is 66.7 Å². The topological polar surface area (TPSA) is 46.9 Å². The maximum atomic E-state index is 13.8. The third-order valence-corrected chi connectivity index (χ3v) is 6.03. The van der Waals surface area contributed by atoms with Gasteiger partial charge in [0.15, 0.2) is 0 Å². The van der Waals surface area contributed by atoms with Crippen LogP contribution in [-0.4, -0.2) is 15.5 Å². The number of halogens is 2. The molecule has 0 fully saturated rings. The molecule has 1 N–H and O–H groups in total. The fraction of sp³-hybridized carbons (Fsp3) is 0.0833. The first-order chi connectivity index (χ1) is 15.0. The predicted octanol–water partition coefficient (Wildman–Crippen LogP) is 6.14. The highest BCUT2D eigenvalue weighted by atomic mass is 32.1. The van der Waals surface area contributed by atoms with Crippen LogP contribution in [0.3, 0.4) is 0 Å². The maximum absolute atomic E-state index is 13.8. The molecule has 0 spiro atoms. The fourth-order valence-corrected chi connectivity index (χ4v) is 4.54. The SMILES string of the molecule is Cc1nc2cc(NC(=O)c3cc4cc(F)ccc4n3Cc3cccc(F)c3)ccc2s1. The molecule has 7 heteroatoms. The van der Waals surface area contributed by atoms with Crippen molar-refractivity contribution in [2.45, 2.75) is 13.5 Å². The number of benzene rings is 3. The van der Waals surface area contributed by atoms with Gasteiger partial charge >= 0.3 is 0 Å². The number of amides is 1. The van der Waals surface area contributed by atoms with E-state index in [4.69, 9.17) is 0 Å². The Hall–Kier alpha value is -3.58. The molecule has 0 atom stereocenters. The van der Waals surface area contributed by atoms with Gasteiger partial charge in [-0.15, -0.1) is 11.3 Å². The van der Waals surface area contributed by atoms with E-state index in [-0.39, 0.29) is 24.1 Å². The molecule has 0 aliphatic rings. The zero-order chi connectivity index (χ0) is 21.5. The number of nitrogens with one attached hydrogen (secondary N) is 1. The summed E-state index contributed by atoms with van der Waals surface area (Å²) >= 11 is 1.59. The molecular formula is C24H17F2N3OS. The Bertz CT molecular complexity index is 1450. The number of hydrogen-bond donors (Lipinski definition) is 1. The van der Waals surface area contributed by atoms with Gasteiger partial charge in [0.1, 0.15) is 17.3 Å². The Morgan fingerprint density at radius 3 is 2.71 bits per heavy atom. The Labute approximate surface area is 180 Å². The quantitative estimate of drug-likeness (QED) is 0.370. The molecule has 1 amide bonds. The molecule has 4 nitrogen and oxygen atoms in total. The summed E-state index contributed by atoms with van der Waals surface area (Å²) in [5.74, 6) is -1.07. The minimum absolute atomic E-state index is 0.278. The van der Waals surface area contributed by atoms with Crippen molar-refractivity contribution < 1.29 is 13.6 Å². The van der Waals surface area contributed by atoms with E-state index in [9.17, 15) is 13.6 Å². The number of hydrogen-bond acceptors (Lipinski definition) is 3. The van der Waals surface area contributed by atoms with Gasteiger partial charge in [-0.3, -0.25) is 4.79 Å². The first kappa shape index (κ1) is 19.4. The van der Waals surface area contributed by atoms with Gasteiger partial charge in [0.25, 0.3) is 5.91 Å². The molecule has 5 rings (SSSR count). The van der Waals surface area contributed by atoms with Crippen molar-refractivity contribution in [2.24, 2.45) is 0 Å². The van der Waals surface area contributed by atoms with Gasteiger partial charge in [-0.1, -0.05) is 12.1 Å². The van der Waals surface area contributed by atoms with Crippen molar-refractivity contribution in [2.75, 3.05) is 5.32 Å². The first-order valence-electron chi connectivity index (χ1n) is 9.68. The van der Waals surface area contributed by atoms with E-state index in [1.54, 1.807) is 40.2 Å². The summed E-state index contributed by atoms with van der Waals surface area (Å²) in [5.41, 5.74) is 3.20. The van der Waals surface area contributed by atoms with Crippen LogP contribution < -0.4 is 5.32 Å². The van der Waals surface area contributed by atoms with Crippen LogP contribution in [0.4, 0.5) is 14.5 Å². The third-order valence-electron chi connectivity index (χ3n) is 5.08. The Balaban J connectivity index is 1.54. The van der Waals surface area contributed by atoms with Gasteiger partial charge in [-0.25, -0.2) is 13.8 Å². The number of thiazole rings is 1. The van der Waals surface area contributed by atoms with Gasteiger partial charge in [0.2, 0.25) is 0 Å². The minimum atomic E-state index is -0.383. The van der Waals surface area contributed by atoms with Crippen molar-refractivity contribution in [1.82, 2.24) is 9.55 Å². The summed E-state index contributed by atoms with van der Waals surface area (Å²) in [6.07, 6.45) is 0. The van der Waals surface area contributed by atoms with E-state index >= 15 is 0 Å². The normalized spacial score (nSPS) is 11.3. The van der Waals surface area contributed by atoms with E-state index < -0.39 is 0 Å². The Kier molecular flexibility index (Phi) is 4.75. The zero-order valence-electron chi connectivity index (χ0n) is 16.5. The highest BCUT2D eigenvalue weighted by Gasteiger charge is 2.17. The monoisotopic (exact) mass is 433 g/mol. The van der Waals surface area contributed by atoms with Crippen LogP contribution in [0, 0.1) is 18.6 Å². The lowest BCUT2D eigenvalue weighted by Gasteiger charge is -2.12. The van der Waals surface area contributed by atoms with Crippen LogP contribution in [0.1, 0.15) is 21.1 Å². The number of aromatic nitrogens is 2. The second-order valence-electron chi connectivity index (χ2n) is 7.32. The molecule has 0 saturated carbocycles. The number of carbonyl (C=O) groups is 1. The molecule has 5 aromatic rings. The molecule has 0 radical (unpaired) electrons. The highest BCUT2D eigenvalue weighted by molar-refractivity contribution is 7.18. The second kappa shape index (κ2) is 7.59. The number of carbonyl (C=O) groups excluding carboxylic acids is 1. The summed E-state index contributed by atoms with van der Waals surface area (Å²) in [6.45, 7) is 2.22. The van der Waals surface area contributed by atoms with Crippen molar-refractivity contribution in [3.63, 3.8) is 0 Å². The maximum Gasteiger partial charge on any atom is 0.272 e. The molecule has 154 valence electrons. The van der Waals surface area contributed by atoms with Crippen LogP contribution >= 0.6 is 11.3 Å². The van der Waals surface area contributed by atoms with E-state index in [1.165, 1.54) is 24.3 Å². The van der Waals surface area contributed by atoms with Crippen molar-refractivity contribution in [1.29, 1.82) is 0 Å². The molecule has 2 heterocycles. The molecule has 0 bridgehead atoms. The molecule has 2 aromatic heterocycles. The smallest absolute Gasteiger partial charge is 0.272 e. The molecule has 31 heavy (non-hydrogen) atoms. The molecule has 3 aromatic carbocycles. The lowest BCUT2D eigenvalue weighted by molar-refractivity contribution is 0.101. The minimum Gasteiger partial charge on any atom is -0.332 e. The Morgan fingerprint density at radius 1 is 1.03 bits per heavy atom. The zero-order valence-corrected chi connectivity index (χ0v) is 17.3. The number of nitrogens with zero attached hydrogens (tertiary/aromatic N) is 2. The van der Waals surface area contributed by atoms with E-state index in [1.807, 2.05) is 25.1 Å². The summed E-state index contributed by atoms with van der Waals surface area (Å²) in [7, 11) is 0. The van der Waals surface area contributed by atoms with Crippen molar-refractivity contribution in [3.8, 4) is 0 Å². The molecule has 0 unspecified atom stereocenters.